The van der Waals surface area contributed by atoms with Crippen molar-refractivity contribution in [2.45, 2.75) is 33.0 Å². The van der Waals surface area contributed by atoms with Gasteiger partial charge in [0.25, 0.3) is 0 Å². The number of carbonyl (C=O) groups is 1. The maximum absolute atomic E-state index is 12.8. The summed E-state index contributed by atoms with van der Waals surface area (Å²) in [6.07, 6.45) is -4.20. The van der Waals surface area contributed by atoms with Gasteiger partial charge in [-0.2, -0.15) is 18.3 Å². The molecular formula is C17H20ClF3N4O2. The van der Waals surface area contributed by atoms with E-state index in [1.54, 1.807) is 24.3 Å². The molecule has 0 radical (unpaired) electrons. The molecule has 0 spiro atoms. The Balaban J connectivity index is 1.79. The lowest BCUT2D eigenvalue weighted by molar-refractivity contribution is -0.141. The highest BCUT2D eigenvalue weighted by molar-refractivity contribution is 6.31. The molecule has 2 aromatic rings. The Kier molecular flexibility index (Phi) is 6.95. The lowest BCUT2D eigenvalue weighted by Crippen LogP contribution is -2.30. The number of carbonyl (C=O) groups excluding carboxylic acids is 1. The first kappa shape index (κ1) is 20.9. The molecule has 0 unspecified atom stereocenters. The van der Waals surface area contributed by atoms with Gasteiger partial charge in [-0.1, -0.05) is 11.6 Å². The number of aryl methyl sites for hydroxylation is 1. The molecule has 1 aromatic heterocycles. The van der Waals surface area contributed by atoms with Crippen LogP contribution in [-0.2, 0) is 12.7 Å². The van der Waals surface area contributed by atoms with E-state index in [1.165, 1.54) is 11.6 Å². The predicted molar refractivity (Wildman–Crippen MR) is 96.2 cm³/mol. The van der Waals surface area contributed by atoms with Crippen LogP contribution >= 0.6 is 11.6 Å². The summed E-state index contributed by atoms with van der Waals surface area (Å²) in [5.41, 5.74) is -0.258. The molecule has 2 N–H and O–H groups in total. The standard InChI is InChI=1S/C17H20ClF3N4O2/c1-3-27-13-7-5-12(6-8-13)23-16(26)22-9-4-10-25-11(2)14(18)15(24-25)17(19,20)21/h5-8H,3-4,9-10H2,1-2H3,(H2,22,23,26). The summed E-state index contributed by atoms with van der Waals surface area (Å²) in [4.78, 5) is 11.8. The van der Waals surface area contributed by atoms with E-state index >= 15 is 0 Å². The van der Waals surface area contributed by atoms with Crippen LogP contribution in [0.4, 0.5) is 23.7 Å². The lowest BCUT2D eigenvalue weighted by atomic mass is 10.3. The molecular weight excluding hydrogens is 385 g/mol. The Hall–Kier alpha value is -2.42. The minimum Gasteiger partial charge on any atom is -0.494 e. The molecule has 148 valence electrons. The summed E-state index contributed by atoms with van der Waals surface area (Å²) in [5.74, 6) is 0.704. The molecule has 0 saturated carbocycles. The van der Waals surface area contributed by atoms with E-state index in [-0.39, 0.29) is 18.8 Å². The summed E-state index contributed by atoms with van der Waals surface area (Å²) < 4.78 is 44.8. The zero-order valence-electron chi connectivity index (χ0n) is 14.9. The molecule has 0 aliphatic heterocycles. The lowest BCUT2D eigenvalue weighted by Gasteiger charge is -2.09. The van der Waals surface area contributed by atoms with Crippen molar-refractivity contribution in [1.29, 1.82) is 0 Å². The highest BCUT2D eigenvalue weighted by atomic mass is 35.5. The topological polar surface area (TPSA) is 68.2 Å². The number of benzene rings is 1. The number of nitrogens with zero attached hydrogens (tertiary/aromatic N) is 2. The molecule has 27 heavy (non-hydrogen) atoms. The van der Waals surface area contributed by atoms with Crippen molar-refractivity contribution in [2.24, 2.45) is 0 Å². The van der Waals surface area contributed by atoms with Crippen molar-refractivity contribution in [2.75, 3.05) is 18.5 Å². The van der Waals surface area contributed by atoms with E-state index in [0.717, 1.165) is 0 Å². The Morgan fingerprint density at radius 2 is 1.96 bits per heavy atom. The largest absolute Gasteiger partial charge is 0.494 e. The van der Waals surface area contributed by atoms with Gasteiger partial charge in [0.05, 0.1) is 17.3 Å². The third-order valence-electron chi connectivity index (χ3n) is 3.66. The van der Waals surface area contributed by atoms with Gasteiger partial charge in [-0.15, -0.1) is 0 Å². The van der Waals surface area contributed by atoms with Crippen molar-refractivity contribution in [1.82, 2.24) is 15.1 Å². The van der Waals surface area contributed by atoms with E-state index in [9.17, 15) is 18.0 Å². The van der Waals surface area contributed by atoms with Gasteiger partial charge >= 0.3 is 12.2 Å². The van der Waals surface area contributed by atoms with Crippen molar-refractivity contribution in [3.63, 3.8) is 0 Å². The molecule has 2 amide bonds. The van der Waals surface area contributed by atoms with Crippen molar-refractivity contribution in [3.05, 3.63) is 40.7 Å². The summed E-state index contributed by atoms with van der Waals surface area (Å²) in [6, 6.07) is 6.48. The molecule has 1 aromatic carbocycles. The summed E-state index contributed by atoms with van der Waals surface area (Å²) >= 11 is 5.69. The number of nitrogens with one attached hydrogen (secondary N) is 2. The van der Waals surface area contributed by atoms with Crippen LogP contribution in [0, 0.1) is 6.92 Å². The number of hydrogen-bond acceptors (Lipinski definition) is 3. The van der Waals surface area contributed by atoms with Crippen molar-refractivity contribution >= 4 is 23.3 Å². The summed E-state index contributed by atoms with van der Waals surface area (Å²) in [6.45, 7) is 4.36. The normalized spacial score (nSPS) is 11.3. The smallest absolute Gasteiger partial charge is 0.436 e. The van der Waals surface area contributed by atoms with Gasteiger partial charge in [0.2, 0.25) is 0 Å². The van der Waals surface area contributed by atoms with Gasteiger partial charge in [0, 0.05) is 18.8 Å². The minimum atomic E-state index is -4.59. The highest BCUT2D eigenvalue weighted by Gasteiger charge is 2.38. The van der Waals surface area contributed by atoms with E-state index in [0.29, 0.717) is 24.5 Å². The Morgan fingerprint density at radius 3 is 2.52 bits per heavy atom. The third kappa shape index (κ3) is 5.78. The fourth-order valence-electron chi connectivity index (χ4n) is 2.33. The first-order chi connectivity index (χ1) is 12.7. The Bertz CT molecular complexity index is 776. The SMILES string of the molecule is CCOc1ccc(NC(=O)NCCCn2nc(C(F)(F)F)c(Cl)c2C)cc1. The number of halogens is 4. The van der Waals surface area contributed by atoms with E-state index in [4.69, 9.17) is 16.3 Å². The second-order valence-electron chi connectivity index (χ2n) is 5.66. The molecule has 6 nitrogen and oxygen atoms in total. The molecule has 0 aliphatic carbocycles. The molecule has 2 rings (SSSR count). The van der Waals surface area contributed by atoms with Gasteiger partial charge in [0.1, 0.15) is 5.75 Å². The molecule has 1 heterocycles. The highest BCUT2D eigenvalue weighted by Crippen LogP contribution is 2.35. The zero-order chi connectivity index (χ0) is 20.0. The first-order valence-corrected chi connectivity index (χ1v) is 8.68. The van der Waals surface area contributed by atoms with E-state index in [1.807, 2.05) is 6.92 Å². The summed E-state index contributed by atoms with van der Waals surface area (Å²) in [5, 5.41) is 8.40. The fourth-order valence-corrected chi connectivity index (χ4v) is 2.57. The number of anilines is 1. The number of ether oxygens (including phenoxy) is 1. The third-order valence-corrected chi connectivity index (χ3v) is 4.11. The summed E-state index contributed by atoms with van der Waals surface area (Å²) in [7, 11) is 0. The fraction of sp³-hybridized carbons (Fsp3) is 0.412. The minimum absolute atomic E-state index is 0.199. The number of hydrogen-bond donors (Lipinski definition) is 2. The van der Waals surface area contributed by atoms with Crippen LogP contribution in [-0.4, -0.2) is 29.0 Å². The van der Waals surface area contributed by atoms with E-state index < -0.39 is 22.9 Å². The van der Waals surface area contributed by atoms with Crippen LogP contribution in [0.5, 0.6) is 5.75 Å². The molecule has 0 aliphatic rings. The van der Waals surface area contributed by atoms with Gasteiger partial charge in [-0.3, -0.25) is 4.68 Å². The maximum atomic E-state index is 12.8. The number of rotatable bonds is 7. The van der Waals surface area contributed by atoms with Gasteiger partial charge in [-0.05, 0) is 44.5 Å². The van der Waals surface area contributed by atoms with E-state index in [2.05, 4.69) is 15.7 Å². The van der Waals surface area contributed by atoms with Crippen LogP contribution in [0.1, 0.15) is 24.7 Å². The average molecular weight is 405 g/mol. The Labute approximate surface area is 159 Å². The van der Waals surface area contributed by atoms with Crippen molar-refractivity contribution < 1.29 is 22.7 Å². The molecule has 0 fully saturated rings. The Morgan fingerprint density at radius 1 is 1.30 bits per heavy atom. The van der Waals surface area contributed by atoms with Crippen LogP contribution in [0.3, 0.4) is 0 Å². The number of alkyl halides is 3. The second-order valence-corrected chi connectivity index (χ2v) is 6.04. The second kappa shape index (κ2) is 8.98. The molecule has 0 saturated heterocycles. The molecule has 0 bridgehead atoms. The van der Waals surface area contributed by atoms with Crippen LogP contribution in [0.25, 0.3) is 0 Å². The quantitative estimate of drug-likeness (QED) is 0.669. The average Bonchev–Trinajstić information content (AvgIpc) is 2.89. The van der Waals surface area contributed by atoms with Crippen molar-refractivity contribution in [3.8, 4) is 5.75 Å². The van der Waals surface area contributed by atoms with Crippen LogP contribution < -0.4 is 15.4 Å². The maximum Gasteiger partial charge on any atom is 0.436 e. The number of urea groups is 1. The zero-order valence-corrected chi connectivity index (χ0v) is 15.6. The number of aromatic nitrogens is 2. The monoisotopic (exact) mass is 404 g/mol. The molecule has 0 atom stereocenters. The first-order valence-electron chi connectivity index (χ1n) is 8.30. The van der Waals surface area contributed by atoms with Gasteiger partial charge in [-0.25, -0.2) is 4.79 Å². The predicted octanol–water partition coefficient (Wildman–Crippen LogP) is 4.47. The van der Waals surface area contributed by atoms with Gasteiger partial charge in [0.15, 0.2) is 5.69 Å². The van der Waals surface area contributed by atoms with Crippen LogP contribution in [0.15, 0.2) is 24.3 Å². The van der Waals surface area contributed by atoms with Crippen LogP contribution in [0.2, 0.25) is 5.02 Å². The van der Waals surface area contributed by atoms with Gasteiger partial charge < -0.3 is 15.4 Å². The number of amides is 2. The molecule has 10 heteroatoms.